The Morgan fingerprint density at radius 2 is 1.69 bits per heavy atom. The lowest BCUT2D eigenvalue weighted by Gasteiger charge is -2.17. The summed E-state index contributed by atoms with van der Waals surface area (Å²) in [6.07, 6.45) is 3.43. The minimum Gasteiger partial charge on any atom is -0.380 e. The molecule has 0 aliphatic carbocycles. The van der Waals surface area contributed by atoms with Crippen LogP contribution in [0.3, 0.4) is 0 Å². The van der Waals surface area contributed by atoms with Crippen molar-refractivity contribution >= 4 is 22.6 Å². The maximum absolute atomic E-state index is 13.2. The second kappa shape index (κ2) is 9.64. The fourth-order valence-electron chi connectivity index (χ4n) is 3.96. The molecule has 0 saturated heterocycles. The zero-order chi connectivity index (χ0) is 22.5. The van der Waals surface area contributed by atoms with Crippen LogP contribution in [-0.4, -0.2) is 26.7 Å². The third-order valence-electron chi connectivity index (χ3n) is 5.67. The van der Waals surface area contributed by atoms with Gasteiger partial charge in [0.15, 0.2) is 5.65 Å². The molecule has 4 rings (SSSR count). The molecule has 6 nitrogen and oxygen atoms in total. The van der Waals surface area contributed by atoms with Gasteiger partial charge >= 0.3 is 0 Å². The highest BCUT2D eigenvalue weighted by Gasteiger charge is 2.21. The average Bonchev–Trinajstić information content (AvgIpc) is 3.11. The lowest BCUT2D eigenvalue weighted by atomic mass is 10.1. The number of pyridine rings is 1. The predicted molar refractivity (Wildman–Crippen MR) is 129 cm³/mol. The Kier molecular flexibility index (Phi) is 6.50. The largest absolute Gasteiger partial charge is 0.380 e. The maximum Gasteiger partial charge on any atom is 0.255 e. The van der Waals surface area contributed by atoms with Gasteiger partial charge in [-0.2, -0.15) is 5.10 Å². The topological polar surface area (TPSA) is 71.8 Å². The van der Waals surface area contributed by atoms with Crippen LogP contribution in [0.15, 0.2) is 66.9 Å². The summed E-state index contributed by atoms with van der Waals surface area (Å²) < 4.78 is 1.75. The van der Waals surface area contributed by atoms with Crippen molar-refractivity contribution in [1.29, 1.82) is 0 Å². The minimum atomic E-state index is -0.126. The number of fused-ring (bicyclic) bond motifs is 1. The standard InChI is InChI=1S/C26H29N5O/c1-18(14-15-20-10-6-4-7-11-20)29-26(32)22-17-28-25-23(19(2)30-31(25)3)24(22)27-16-21-12-8-5-9-13-21/h4-13,17-18H,14-16H2,1-3H3,(H,27,28)(H,29,32). The molecule has 2 aromatic heterocycles. The Bertz CT molecular complexity index is 1200. The van der Waals surface area contributed by atoms with Crippen molar-refractivity contribution in [3.8, 4) is 0 Å². The van der Waals surface area contributed by atoms with Gasteiger partial charge in [0.2, 0.25) is 0 Å². The fraction of sp³-hybridized carbons (Fsp3) is 0.269. The van der Waals surface area contributed by atoms with Crippen LogP contribution in [0.4, 0.5) is 5.69 Å². The second-order valence-corrected chi connectivity index (χ2v) is 8.19. The first-order valence-corrected chi connectivity index (χ1v) is 11.0. The molecule has 32 heavy (non-hydrogen) atoms. The van der Waals surface area contributed by atoms with E-state index in [0.717, 1.165) is 40.8 Å². The highest BCUT2D eigenvalue weighted by Crippen LogP contribution is 2.29. The summed E-state index contributed by atoms with van der Waals surface area (Å²) in [5.41, 5.74) is 5.33. The SMILES string of the molecule is Cc1nn(C)c2ncc(C(=O)NC(C)CCc3ccccc3)c(NCc3ccccc3)c12. The Labute approximate surface area is 188 Å². The number of amides is 1. The molecule has 1 amide bonds. The van der Waals surface area contributed by atoms with Crippen molar-refractivity contribution in [2.75, 3.05) is 5.32 Å². The van der Waals surface area contributed by atoms with Crippen molar-refractivity contribution in [3.63, 3.8) is 0 Å². The van der Waals surface area contributed by atoms with Crippen LogP contribution in [0, 0.1) is 6.92 Å². The summed E-state index contributed by atoms with van der Waals surface area (Å²) in [6.45, 7) is 4.60. The fourth-order valence-corrected chi connectivity index (χ4v) is 3.96. The van der Waals surface area contributed by atoms with Crippen molar-refractivity contribution in [3.05, 3.63) is 89.2 Å². The van der Waals surface area contributed by atoms with Gasteiger partial charge in [-0.25, -0.2) is 4.98 Å². The van der Waals surface area contributed by atoms with Gasteiger partial charge in [-0.05, 0) is 37.8 Å². The average molecular weight is 428 g/mol. The van der Waals surface area contributed by atoms with Crippen LogP contribution in [0.25, 0.3) is 11.0 Å². The van der Waals surface area contributed by atoms with E-state index in [2.05, 4.69) is 45.0 Å². The van der Waals surface area contributed by atoms with Gasteiger partial charge in [-0.15, -0.1) is 0 Å². The van der Waals surface area contributed by atoms with E-state index in [0.29, 0.717) is 12.1 Å². The zero-order valence-electron chi connectivity index (χ0n) is 18.8. The Morgan fingerprint density at radius 3 is 2.38 bits per heavy atom. The molecule has 6 heteroatoms. The van der Waals surface area contributed by atoms with Crippen molar-refractivity contribution in [2.45, 2.75) is 39.3 Å². The number of nitrogens with one attached hydrogen (secondary N) is 2. The highest BCUT2D eigenvalue weighted by molar-refractivity contribution is 6.07. The molecule has 2 aromatic carbocycles. The number of hydrogen-bond acceptors (Lipinski definition) is 4. The van der Waals surface area contributed by atoms with E-state index >= 15 is 0 Å². The van der Waals surface area contributed by atoms with E-state index in [9.17, 15) is 4.79 Å². The van der Waals surface area contributed by atoms with E-state index in [1.807, 2.05) is 57.3 Å². The lowest BCUT2D eigenvalue weighted by Crippen LogP contribution is -2.33. The summed E-state index contributed by atoms with van der Waals surface area (Å²) in [6, 6.07) is 20.5. The molecule has 2 N–H and O–H groups in total. The third kappa shape index (κ3) is 4.80. The van der Waals surface area contributed by atoms with E-state index < -0.39 is 0 Å². The van der Waals surface area contributed by atoms with Crippen molar-refractivity contribution in [1.82, 2.24) is 20.1 Å². The van der Waals surface area contributed by atoms with Crippen LogP contribution < -0.4 is 10.6 Å². The van der Waals surface area contributed by atoms with E-state index in [1.165, 1.54) is 5.56 Å². The number of aryl methyl sites for hydroxylation is 3. The van der Waals surface area contributed by atoms with Gasteiger partial charge in [0, 0.05) is 25.8 Å². The number of aromatic nitrogens is 3. The number of carbonyl (C=O) groups is 1. The Hall–Kier alpha value is -3.67. The molecule has 0 fully saturated rings. The molecule has 4 aromatic rings. The summed E-state index contributed by atoms with van der Waals surface area (Å²) in [5.74, 6) is -0.126. The predicted octanol–water partition coefficient (Wildman–Crippen LogP) is 4.64. The van der Waals surface area contributed by atoms with Crippen LogP contribution in [0.5, 0.6) is 0 Å². The van der Waals surface area contributed by atoms with Crippen LogP contribution in [0.2, 0.25) is 0 Å². The number of benzene rings is 2. The zero-order valence-corrected chi connectivity index (χ0v) is 18.8. The van der Waals surface area contributed by atoms with Gasteiger partial charge in [-0.1, -0.05) is 60.7 Å². The molecule has 0 saturated carbocycles. The van der Waals surface area contributed by atoms with Gasteiger partial charge in [0.05, 0.1) is 22.3 Å². The first-order chi connectivity index (χ1) is 15.5. The maximum atomic E-state index is 13.2. The van der Waals surface area contributed by atoms with Crippen LogP contribution in [0.1, 0.15) is 40.5 Å². The van der Waals surface area contributed by atoms with E-state index in [-0.39, 0.29) is 11.9 Å². The molecule has 0 radical (unpaired) electrons. The lowest BCUT2D eigenvalue weighted by molar-refractivity contribution is 0.0939. The molecule has 1 unspecified atom stereocenters. The molecule has 1 atom stereocenters. The third-order valence-corrected chi connectivity index (χ3v) is 5.67. The summed E-state index contributed by atoms with van der Waals surface area (Å²) in [4.78, 5) is 17.8. The molecule has 0 bridgehead atoms. The van der Waals surface area contributed by atoms with E-state index in [1.54, 1.807) is 10.9 Å². The first kappa shape index (κ1) is 21.6. The summed E-state index contributed by atoms with van der Waals surface area (Å²) in [5, 5.41) is 12.0. The van der Waals surface area contributed by atoms with Gasteiger partial charge in [0.1, 0.15) is 0 Å². The second-order valence-electron chi connectivity index (χ2n) is 8.19. The number of hydrogen-bond donors (Lipinski definition) is 2. The van der Waals surface area contributed by atoms with E-state index in [4.69, 9.17) is 0 Å². The summed E-state index contributed by atoms with van der Waals surface area (Å²) in [7, 11) is 1.87. The summed E-state index contributed by atoms with van der Waals surface area (Å²) >= 11 is 0. The molecule has 0 aliphatic heterocycles. The molecule has 0 spiro atoms. The molecule has 164 valence electrons. The Morgan fingerprint density at radius 1 is 1.03 bits per heavy atom. The molecular formula is C26H29N5O. The van der Waals surface area contributed by atoms with Crippen molar-refractivity contribution in [2.24, 2.45) is 7.05 Å². The monoisotopic (exact) mass is 427 g/mol. The molecule has 2 heterocycles. The first-order valence-electron chi connectivity index (χ1n) is 11.0. The minimum absolute atomic E-state index is 0.0374. The highest BCUT2D eigenvalue weighted by atomic mass is 16.1. The quantitative estimate of drug-likeness (QED) is 0.430. The molecular weight excluding hydrogens is 398 g/mol. The number of rotatable bonds is 8. The van der Waals surface area contributed by atoms with Crippen LogP contribution in [-0.2, 0) is 20.0 Å². The van der Waals surface area contributed by atoms with Gasteiger partial charge in [0.25, 0.3) is 5.91 Å². The van der Waals surface area contributed by atoms with Crippen LogP contribution >= 0.6 is 0 Å². The van der Waals surface area contributed by atoms with Gasteiger partial charge in [-0.3, -0.25) is 9.48 Å². The van der Waals surface area contributed by atoms with Gasteiger partial charge < -0.3 is 10.6 Å². The normalized spacial score (nSPS) is 12.0. The number of carbonyl (C=O) groups excluding carboxylic acids is 1. The smallest absolute Gasteiger partial charge is 0.255 e. The number of anilines is 1. The Balaban J connectivity index is 1.56. The van der Waals surface area contributed by atoms with Crippen molar-refractivity contribution < 1.29 is 4.79 Å². The molecule has 0 aliphatic rings. The number of nitrogens with zero attached hydrogens (tertiary/aromatic N) is 3.